The molecule has 3 aromatic carbocycles. The van der Waals surface area contributed by atoms with Crippen molar-refractivity contribution in [2.75, 3.05) is 6.54 Å². The van der Waals surface area contributed by atoms with E-state index in [1.807, 2.05) is 51.1 Å². The van der Waals surface area contributed by atoms with Crippen molar-refractivity contribution < 1.29 is 23.6 Å². The lowest BCUT2D eigenvalue weighted by molar-refractivity contribution is -0.142. The second kappa shape index (κ2) is 12.2. The molecule has 0 unspecified atom stereocenters. The Labute approximate surface area is 234 Å². The quantitative estimate of drug-likeness (QED) is 0.374. The van der Waals surface area contributed by atoms with Crippen LogP contribution in [0.15, 0.2) is 78.9 Å². The van der Waals surface area contributed by atoms with Gasteiger partial charge in [0.25, 0.3) is 11.8 Å². The van der Waals surface area contributed by atoms with E-state index < -0.39 is 17.4 Å². The summed E-state index contributed by atoms with van der Waals surface area (Å²) >= 11 is 0. The smallest absolute Gasteiger partial charge is 0.261 e. The number of benzene rings is 3. The molecule has 1 aliphatic rings. The van der Waals surface area contributed by atoms with Gasteiger partial charge in [-0.2, -0.15) is 0 Å². The summed E-state index contributed by atoms with van der Waals surface area (Å²) in [4.78, 5) is 55.5. The van der Waals surface area contributed by atoms with Gasteiger partial charge in [0, 0.05) is 31.5 Å². The SMILES string of the molecule is CC(C)(C)NC(=O)[C@@H](Cc1ccccc1)N(Cc1ccc(F)cc1)C(=O)CCCN1C(=O)c2ccccc2C1=O. The maximum atomic E-state index is 13.8. The van der Waals surface area contributed by atoms with Crippen LogP contribution >= 0.6 is 0 Å². The fourth-order valence-electron chi connectivity index (χ4n) is 4.77. The zero-order valence-electron chi connectivity index (χ0n) is 23.0. The Morgan fingerprint density at radius 3 is 2.00 bits per heavy atom. The number of imide groups is 1. The highest BCUT2D eigenvalue weighted by atomic mass is 19.1. The molecule has 1 heterocycles. The number of nitrogens with one attached hydrogen (secondary N) is 1. The predicted octanol–water partition coefficient (Wildman–Crippen LogP) is 4.76. The molecule has 0 fully saturated rings. The van der Waals surface area contributed by atoms with Crippen molar-refractivity contribution in [2.45, 2.75) is 58.2 Å². The van der Waals surface area contributed by atoms with E-state index in [0.29, 0.717) is 16.7 Å². The number of nitrogens with zero attached hydrogens (tertiary/aromatic N) is 2. The lowest BCUT2D eigenvalue weighted by atomic mass is 10.00. The summed E-state index contributed by atoms with van der Waals surface area (Å²) < 4.78 is 13.6. The van der Waals surface area contributed by atoms with Gasteiger partial charge in [-0.15, -0.1) is 0 Å². The molecule has 208 valence electrons. The fourth-order valence-corrected chi connectivity index (χ4v) is 4.77. The molecule has 1 N–H and O–H groups in total. The predicted molar refractivity (Wildman–Crippen MR) is 150 cm³/mol. The number of hydrogen-bond donors (Lipinski definition) is 1. The molecule has 0 saturated carbocycles. The second-order valence-electron chi connectivity index (χ2n) is 11.0. The molecule has 0 bridgehead atoms. The minimum Gasteiger partial charge on any atom is -0.350 e. The Hall–Kier alpha value is -4.33. The van der Waals surface area contributed by atoms with Gasteiger partial charge in [0.2, 0.25) is 11.8 Å². The van der Waals surface area contributed by atoms with E-state index >= 15 is 0 Å². The minimum absolute atomic E-state index is 0.0166. The molecule has 0 saturated heterocycles. The van der Waals surface area contributed by atoms with Gasteiger partial charge in [0.1, 0.15) is 11.9 Å². The van der Waals surface area contributed by atoms with Crippen molar-refractivity contribution >= 4 is 23.6 Å². The van der Waals surface area contributed by atoms with E-state index in [2.05, 4.69) is 5.32 Å². The monoisotopic (exact) mass is 543 g/mol. The van der Waals surface area contributed by atoms with Crippen LogP contribution in [0.5, 0.6) is 0 Å². The van der Waals surface area contributed by atoms with Crippen LogP contribution in [0.25, 0.3) is 0 Å². The van der Waals surface area contributed by atoms with E-state index in [1.165, 1.54) is 17.0 Å². The van der Waals surface area contributed by atoms with E-state index in [0.717, 1.165) is 10.5 Å². The number of carbonyl (C=O) groups excluding carboxylic acids is 4. The highest BCUT2D eigenvalue weighted by Crippen LogP contribution is 2.23. The molecule has 0 aromatic heterocycles. The Morgan fingerprint density at radius 2 is 1.43 bits per heavy atom. The minimum atomic E-state index is -0.835. The van der Waals surface area contributed by atoms with Crippen molar-refractivity contribution in [1.82, 2.24) is 15.1 Å². The molecule has 0 radical (unpaired) electrons. The molecule has 1 atom stereocenters. The number of fused-ring (bicyclic) bond motifs is 1. The van der Waals surface area contributed by atoms with Gasteiger partial charge in [-0.1, -0.05) is 54.6 Å². The van der Waals surface area contributed by atoms with E-state index in [-0.39, 0.29) is 56.0 Å². The van der Waals surface area contributed by atoms with Gasteiger partial charge < -0.3 is 10.2 Å². The van der Waals surface area contributed by atoms with Gasteiger partial charge in [0.15, 0.2) is 0 Å². The van der Waals surface area contributed by atoms with E-state index in [4.69, 9.17) is 0 Å². The summed E-state index contributed by atoms with van der Waals surface area (Å²) in [6, 6.07) is 21.1. The lowest BCUT2D eigenvalue weighted by Crippen LogP contribution is -2.54. The average Bonchev–Trinajstić information content (AvgIpc) is 3.16. The highest BCUT2D eigenvalue weighted by molar-refractivity contribution is 6.21. The first-order chi connectivity index (χ1) is 19.0. The molecule has 0 spiro atoms. The van der Waals surface area contributed by atoms with Crippen LogP contribution in [0.2, 0.25) is 0 Å². The van der Waals surface area contributed by atoms with Crippen LogP contribution in [-0.2, 0) is 22.6 Å². The first-order valence-corrected chi connectivity index (χ1v) is 13.4. The van der Waals surface area contributed by atoms with Crippen LogP contribution < -0.4 is 5.32 Å². The van der Waals surface area contributed by atoms with Crippen molar-refractivity contribution in [3.63, 3.8) is 0 Å². The van der Waals surface area contributed by atoms with Gasteiger partial charge in [-0.05, 0) is 62.6 Å². The number of amides is 4. The summed E-state index contributed by atoms with van der Waals surface area (Å²) in [6.45, 7) is 5.80. The molecular weight excluding hydrogens is 509 g/mol. The van der Waals surface area contributed by atoms with Gasteiger partial charge in [0.05, 0.1) is 11.1 Å². The third kappa shape index (κ3) is 7.00. The number of halogens is 1. The van der Waals surface area contributed by atoms with Crippen molar-refractivity contribution in [3.05, 3.63) is 107 Å². The van der Waals surface area contributed by atoms with Crippen molar-refractivity contribution in [3.8, 4) is 0 Å². The summed E-state index contributed by atoms with van der Waals surface area (Å²) in [5, 5.41) is 3.00. The molecule has 4 rings (SSSR count). The van der Waals surface area contributed by atoms with Crippen LogP contribution in [0.4, 0.5) is 4.39 Å². The highest BCUT2D eigenvalue weighted by Gasteiger charge is 2.36. The Kier molecular flexibility index (Phi) is 8.77. The Morgan fingerprint density at radius 1 is 0.850 bits per heavy atom. The van der Waals surface area contributed by atoms with Crippen LogP contribution in [0.3, 0.4) is 0 Å². The lowest BCUT2D eigenvalue weighted by Gasteiger charge is -2.34. The summed E-state index contributed by atoms with van der Waals surface area (Å²) in [7, 11) is 0. The summed E-state index contributed by atoms with van der Waals surface area (Å²) in [6.07, 6.45) is 0.542. The number of hydrogen-bond acceptors (Lipinski definition) is 4. The molecule has 0 aliphatic carbocycles. The molecule has 1 aliphatic heterocycles. The van der Waals surface area contributed by atoms with Gasteiger partial charge >= 0.3 is 0 Å². The topological polar surface area (TPSA) is 86.8 Å². The first kappa shape index (κ1) is 28.7. The molecule has 7 nitrogen and oxygen atoms in total. The van der Waals surface area contributed by atoms with Crippen molar-refractivity contribution in [1.29, 1.82) is 0 Å². The molecular formula is C32H34FN3O4. The average molecular weight is 544 g/mol. The van der Waals surface area contributed by atoms with Gasteiger partial charge in [-0.3, -0.25) is 24.1 Å². The van der Waals surface area contributed by atoms with E-state index in [1.54, 1.807) is 36.4 Å². The van der Waals surface area contributed by atoms with Crippen LogP contribution in [0, 0.1) is 5.82 Å². The van der Waals surface area contributed by atoms with Crippen LogP contribution in [-0.4, -0.2) is 51.6 Å². The van der Waals surface area contributed by atoms with Crippen LogP contribution in [0.1, 0.15) is 65.5 Å². The molecule has 3 aromatic rings. The zero-order chi connectivity index (χ0) is 28.9. The normalized spacial score (nSPS) is 13.7. The number of rotatable bonds is 10. The summed E-state index contributed by atoms with van der Waals surface area (Å²) in [5.74, 6) is -1.74. The zero-order valence-corrected chi connectivity index (χ0v) is 23.0. The maximum Gasteiger partial charge on any atom is 0.261 e. The number of carbonyl (C=O) groups is 4. The first-order valence-electron chi connectivity index (χ1n) is 13.4. The third-order valence-corrected chi connectivity index (χ3v) is 6.69. The largest absolute Gasteiger partial charge is 0.350 e. The molecule has 8 heteroatoms. The fraction of sp³-hybridized carbons (Fsp3) is 0.312. The third-order valence-electron chi connectivity index (χ3n) is 6.69. The van der Waals surface area contributed by atoms with E-state index in [9.17, 15) is 23.6 Å². The standard InChI is InChI=1S/C32H34FN3O4/c1-32(2,3)34-29(38)27(20-22-10-5-4-6-11-22)36(21-23-15-17-24(33)18-16-23)28(37)14-9-19-35-30(39)25-12-7-8-13-26(25)31(35)40/h4-8,10-13,15-18,27H,9,14,19-21H2,1-3H3,(H,34,38)/t27-/m1/s1. The maximum absolute atomic E-state index is 13.8. The Bertz CT molecular complexity index is 1350. The Balaban J connectivity index is 1.55. The van der Waals surface area contributed by atoms with Gasteiger partial charge in [-0.25, -0.2) is 4.39 Å². The summed E-state index contributed by atoms with van der Waals surface area (Å²) in [5.41, 5.74) is 1.76. The molecule has 40 heavy (non-hydrogen) atoms. The van der Waals surface area contributed by atoms with Crippen molar-refractivity contribution in [2.24, 2.45) is 0 Å². The second-order valence-corrected chi connectivity index (χ2v) is 11.0. The molecule has 4 amide bonds.